The number of rotatable bonds is 4. The molecular weight excluding hydrogens is 340 g/mol. The summed E-state index contributed by atoms with van der Waals surface area (Å²) in [6.45, 7) is 0. The van der Waals surface area contributed by atoms with Gasteiger partial charge in [-0.3, -0.25) is 10.1 Å². The largest absolute Gasteiger partial charge is 0.332 e. The van der Waals surface area contributed by atoms with Crippen LogP contribution in [-0.4, -0.2) is 22.7 Å². The zero-order chi connectivity index (χ0) is 18.8. The van der Waals surface area contributed by atoms with E-state index in [4.69, 9.17) is 5.10 Å². The third-order valence-corrected chi connectivity index (χ3v) is 4.59. The molecule has 6 nitrogen and oxygen atoms in total. The summed E-state index contributed by atoms with van der Waals surface area (Å²) in [6.07, 6.45) is -0.136. The fourth-order valence-corrected chi connectivity index (χ4v) is 3.27. The molecule has 6 heteroatoms. The Hall–Kier alpha value is -3.67. The first-order chi connectivity index (χ1) is 13.1. The Bertz CT molecular complexity index is 972. The molecule has 0 saturated carbocycles. The van der Waals surface area contributed by atoms with Gasteiger partial charge in [-0.15, -0.1) is 0 Å². The van der Waals surface area contributed by atoms with Gasteiger partial charge in [0.15, 0.2) is 12.0 Å². The van der Waals surface area contributed by atoms with Gasteiger partial charge >= 0.3 is 0 Å². The van der Waals surface area contributed by atoms with E-state index >= 15 is 0 Å². The third-order valence-electron chi connectivity index (χ3n) is 4.59. The van der Waals surface area contributed by atoms with Crippen molar-refractivity contribution in [3.63, 3.8) is 0 Å². The zero-order valence-electron chi connectivity index (χ0n) is 14.8. The van der Waals surface area contributed by atoms with Gasteiger partial charge in [0.05, 0.1) is 10.6 Å². The van der Waals surface area contributed by atoms with Gasteiger partial charge in [-0.25, -0.2) is 5.01 Å². The van der Waals surface area contributed by atoms with Crippen LogP contribution in [0.25, 0.3) is 0 Å². The summed E-state index contributed by atoms with van der Waals surface area (Å²) in [5.41, 5.74) is 2.97. The van der Waals surface area contributed by atoms with Gasteiger partial charge in [0, 0.05) is 24.7 Å². The fourth-order valence-electron chi connectivity index (χ4n) is 3.27. The van der Waals surface area contributed by atoms with Crippen molar-refractivity contribution in [3.05, 3.63) is 106 Å². The van der Waals surface area contributed by atoms with E-state index in [0.29, 0.717) is 0 Å². The number of nitrogens with zero attached hydrogens (tertiary/aromatic N) is 4. The number of hydrogen-bond acceptors (Lipinski definition) is 5. The zero-order valence-corrected chi connectivity index (χ0v) is 14.8. The first kappa shape index (κ1) is 16.8. The summed E-state index contributed by atoms with van der Waals surface area (Å²) in [5.74, 6) is 0.850. The first-order valence-corrected chi connectivity index (χ1v) is 8.60. The standard InChI is InChI=1S/C21H18N4O2/c1-23-20(16-8-4-2-5-9-16)22-24(21(23)17-10-6-3-7-11-17)18-12-14-19(15-13-18)25(26)27/h2-15,21H,1H3. The lowest BCUT2D eigenvalue weighted by Gasteiger charge is -2.29. The highest BCUT2D eigenvalue weighted by Crippen LogP contribution is 2.36. The maximum Gasteiger partial charge on any atom is 0.269 e. The SMILES string of the molecule is CN1C(c2ccccc2)=NN(c2ccc([N+](=O)[O-])cc2)C1c1ccccc1. The second-order valence-corrected chi connectivity index (χ2v) is 6.30. The normalized spacial score (nSPS) is 16.3. The van der Waals surface area contributed by atoms with Gasteiger partial charge in [-0.1, -0.05) is 60.7 Å². The molecule has 27 heavy (non-hydrogen) atoms. The predicted molar refractivity (Wildman–Crippen MR) is 106 cm³/mol. The van der Waals surface area contributed by atoms with Gasteiger partial charge < -0.3 is 4.90 Å². The number of benzene rings is 3. The van der Waals surface area contributed by atoms with Crippen molar-refractivity contribution < 1.29 is 4.92 Å². The molecule has 0 saturated heterocycles. The molecule has 3 aromatic rings. The molecular formula is C21H18N4O2. The van der Waals surface area contributed by atoms with Gasteiger partial charge in [-0.2, -0.15) is 5.10 Å². The number of non-ortho nitro benzene ring substituents is 1. The molecule has 0 bridgehead atoms. The van der Waals surface area contributed by atoms with Crippen molar-refractivity contribution in [2.24, 2.45) is 5.10 Å². The molecule has 0 aliphatic carbocycles. The monoisotopic (exact) mass is 358 g/mol. The molecule has 0 spiro atoms. The third kappa shape index (κ3) is 3.13. The summed E-state index contributed by atoms with van der Waals surface area (Å²) in [4.78, 5) is 12.7. The number of nitro benzene ring substituents is 1. The van der Waals surface area contributed by atoms with E-state index < -0.39 is 4.92 Å². The van der Waals surface area contributed by atoms with E-state index in [9.17, 15) is 10.1 Å². The van der Waals surface area contributed by atoms with E-state index in [1.165, 1.54) is 12.1 Å². The number of nitro groups is 1. The fraction of sp³-hybridized carbons (Fsp3) is 0.0952. The Morgan fingerprint density at radius 3 is 2.07 bits per heavy atom. The van der Waals surface area contributed by atoms with E-state index in [1.807, 2.05) is 60.6 Å². The predicted octanol–water partition coefficient (Wildman–Crippen LogP) is 4.41. The van der Waals surface area contributed by atoms with Gasteiger partial charge in [-0.05, 0) is 17.7 Å². The number of amidine groups is 1. The maximum atomic E-state index is 11.0. The minimum absolute atomic E-state index is 0.0647. The molecule has 0 N–H and O–H groups in total. The average molecular weight is 358 g/mol. The molecule has 1 aliphatic rings. The summed E-state index contributed by atoms with van der Waals surface area (Å²) in [6, 6.07) is 26.6. The van der Waals surface area contributed by atoms with Crippen LogP contribution in [0.15, 0.2) is 90.0 Å². The van der Waals surface area contributed by atoms with Gasteiger partial charge in [0.1, 0.15) is 0 Å². The molecule has 0 aromatic heterocycles. The molecule has 0 radical (unpaired) electrons. The lowest BCUT2D eigenvalue weighted by molar-refractivity contribution is -0.384. The number of hydrogen-bond donors (Lipinski definition) is 0. The Morgan fingerprint density at radius 2 is 1.48 bits per heavy atom. The Labute approximate surface area is 157 Å². The van der Waals surface area contributed by atoms with Crippen LogP contribution in [0.3, 0.4) is 0 Å². The molecule has 134 valence electrons. The molecule has 0 amide bonds. The Kier molecular flexibility index (Phi) is 4.30. The van der Waals surface area contributed by atoms with E-state index in [0.717, 1.165) is 22.6 Å². The minimum Gasteiger partial charge on any atom is -0.332 e. The lowest BCUT2D eigenvalue weighted by atomic mass is 10.1. The molecule has 1 aliphatic heterocycles. The molecule has 4 rings (SSSR count). The molecule has 1 unspecified atom stereocenters. The molecule has 1 atom stereocenters. The molecule has 0 fully saturated rings. The second kappa shape index (κ2) is 6.92. The highest BCUT2D eigenvalue weighted by atomic mass is 16.6. The number of anilines is 1. The van der Waals surface area contributed by atoms with Crippen molar-refractivity contribution in [2.45, 2.75) is 6.17 Å². The highest BCUT2D eigenvalue weighted by molar-refractivity contribution is 6.01. The van der Waals surface area contributed by atoms with Gasteiger partial charge in [0.25, 0.3) is 5.69 Å². The smallest absolute Gasteiger partial charge is 0.269 e. The van der Waals surface area contributed by atoms with Crippen molar-refractivity contribution >= 4 is 17.2 Å². The van der Waals surface area contributed by atoms with Crippen LogP contribution in [0.1, 0.15) is 17.3 Å². The second-order valence-electron chi connectivity index (χ2n) is 6.30. The minimum atomic E-state index is -0.396. The van der Waals surface area contributed by atoms with Crippen molar-refractivity contribution in [1.29, 1.82) is 0 Å². The molecule has 1 heterocycles. The topological polar surface area (TPSA) is 62.0 Å². The summed E-state index contributed by atoms with van der Waals surface area (Å²) >= 11 is 0. The summed E-state index contributed by atoms with van der Waals surface area (Å²) in [5, 5.41) is 17.7. The van der Waals surface area contributed by atoms with Crippen LogP contribution >= 0.6 is 0 Å². The van der Waals surface area contributed by atoms with Crippen LogP contribution in [0.4, 0.5) is 11.4 Å². The van der Waals surface area contributed by atoms with Crippen LogP contribution in [0.5, 0.6) is 0 Å². The first-order valence-electron chi connectivity index (χ1n) is 8.60. The van der Waals surface area contributed by atoms with Gasteiger partial charge in [0.2, 0.25) is 0 Å². The lowest BCUT2D eigenvalue weighted by Crippen LogP contribution is -2.32. The van der Waals surface area contributed by atoms with Crippen LogP contribution in [-0.2, 0) is 0 Å². The number of hydrazone groups is 1. The average Bonchev–Trinajstić information content (AvgIpc) is 3.06. The molecule has 3 aromatic carbocycles. The van der Waals surface area contributed by atoms with E-state index in [2.05, 4.69) is 17.0 Å². The van der Waals surface area contributed by atoms with Crippen molar-refractivity contribution in [2.75, 3.05) is 12.1 Å². The van der Waals surface area contributed by atoms with E-state index in [1.54, 1.807) is 12.1 Å². The summed E-state index contributed by atoms with van der Waals surface area (Å²) < 4.78 is 0. The highest BCUT2D eigenvalue weighted by Gasteiger charge is 2.34. The van der Waals surface area contributed by atoms with E-state index in [-0.39, 0.29) is 11.9 Å². The van der Waals surface area contributed by atoms with Crippen LogP contribution in [0.2, 0.25) is 0 Å². The van der Waals surface area contributed by atoms with Crippen LogP contribution < -0.4 is 5.01 Å². The quantitative estimate of drug-likeness (QED) is 0.512. The maximum absolute atomic E-state index is 11.0. The summed E-state index contributed by atoms with van der Waals surface area (Å²) in [7, 11) is 2.01. The van der Waals surface area contributed by atoms with Crippen molar-refractivity contribution in [3.8, 4) is 0 Å². The van der Waals surface area contributed by atoms with Crippen LogP contribution in [0, 0.1) is 10.1 Å². The van der Waals surface area contributed by atoms with Crippen molar-refractivity contribution in [1.82, 2.24) is 4.90 Å². The Morgan fingerprint density at radius 1 is 0.889 bits per heavy atom. The Balaban J connectivity index is 1.79.